The molecular weight excluding hydrogens is 224 g/mol. The second-order valence-corrected chi connectivity index (χ2v) is 5.79. The third kappa shape index (κ3) is 3.70. The van der Waals surface area contributed by atoms with Gasteiger partial charge in [0, 0.05) is 30.4 Å². The van der Waals surface area contributed by atoms with Crippen molar-refractivity contribution >= 4 is 0 Å². The minimum atomic E-state index is 0.161. The van der Waals surface area contributed by atoms with Crippen molar-refractivity contribution in [2.75, 3.05) is 0 Å². The van der Waals surface area contributed by atoms with Crippen LogP contribution in [0.15, 0.2) is 10.9 Å². The van der Waals surface area contributed by atoms with Gasteiger partial charge in [0.25, 0.3) is 5.56 Å². The number of nitrogens with zero attached hydrogens (tertiary/aromatic N) is 1. The first-order valence-electron chi connectivity index (χ1n) is 6.76. The second kappa shape index (κ2) is 6.19. The molecule has 1 rings (SSSR count). The molecule has 3 heteroatoms. The molecule has 0 spiro atoms. The van der Waals surface area contributed by atoms with Gasteiger partial charge in [0.1, 0.15) is 0 Å². The lowest BCUT2D eigenvalue weighted by molar-refractivity contribution is 0.494. The van der Waals surface area contributed by atoms with Crippen LogP contribution in [0.25, 0.3) is 0 Å². The van der Waals surface area contributed by atoms with Crippen LogP contribution < -0.4 is 10.9 Å². The lowest BCUT2D eigenvalue weighted by Gasteiger charge is -2.17. The number of rotatable bonds is 5. The Kier molecular flexibility index (Phi) is 5.15. The van der Waals surface area contributed by atoms with Crippen LogP contribution in [-0.4, -0.2) is 10.6 Å². The van der Waals surface area contributed by atoms with Crippen molar-refractivity contribution in [1.82, 2.24) is 9.88 Å². The monoisotopic (exact) mass is 250 g/mol. The lowest BCUT2D eigenvalue weighted by atomic mass is 10.1. The van der Waals surface area contributed by atoms with Gasteiger partial charge >= 0.3 is 0 Å². The molecule has 0 atom stereocenters. The van der Waals surface area contributed by atoms with Crippen LogP contribution in [-0.2, 0) is 13.1 Å². The van der Waals surface area contributed by atoms with Crippen molar-refractivity contribution < 1.29 is 0 Å². The average molecular weight is 250 g/mol. The summed E-state index contributed by atoms with van der Waals surface area (Å²) >= 11 is 0. The summed E-state index contributed by atoms with van der Waals surface area (Å²) in [5, 5.41) is 3.33. The predicted molar refractivity (Wildman–Crippen MR) is 77.0 cm³/mol. The van der Waals surface area contributed by atoms with Crippen LogP contribution in [0.2, 0.25) is 0 Å². The van der Waals surface area contributed by atoms with Crippen LogP contribution >= 0.6 is 0 Å². The maximum atomic E-state index is 12.5. The van der Waals surface area contributed by atoms with Gasteiger partial charge in [-0.3, -0.25) is 4.79 Å². The van der Waals surface area contributed by atoms with E-state index in [1.807, 2.05) is 18.4 Å². The van der Waals surface area contributed by atoms with Crippen molar-refractivity contribution in [2.45, 2.75) is 60.7 Å². The van der Waals surface area contributed by atoms with Crippen LogP contribution in [0.5, 0.6) is 0 Å². The third-order valence-corrected chi connectivity index (χ3v) is 3.07. The summed E-state index contributed by atoms with van der Waals surface area (Å²) in [6.45, 7) is 13.9. The summed E-state index contributed by atoms with van der Waals surface area (Å²) in [5.41, 5.74) is 3.20. The molecule has 0 saturated carbocycles. The second-order valence-electron chi connectivity index (χ2n) is 5.79. The lowest BCUT2D eigenvalue weighted by Crippen LogP contribution is -2.32. The fourth-order valence-corrected chi connectivity index (χ4v) is 2.08. The molecule has 0 bridgehead atoms. The van der Waals surface area contributed by atoms with Gasteiger partial charge in [-0.05, 0) is 31.4 Å². The van der Waals surface area contributed by atoms with E-state index in [1.54, 1.807) is 0 Å². The number of hydrogen-bond acceptors (Lipinski definition) is 2. The molecule has 0 aliphatic carbocycles. The van der Waals surface area contributed by atoms with Crippen molar-refractivity contribution in [3.63, 3.8) is 0 Å². The van der Waals surface area contributed by atoms with Crippen LogP contribution in [0.1, 0.15) is 44.5 Å². The van der Waals surface area contributed by atoms with Gasteiger partial charge in [-0.2, -0.15) is 0 Å². The quantitative estimate of drug-likeness (QED) is 0.871. The van der Waals surface area contributed by atoms with Gasteiger partial charge in [0.2, 0.25) is 0 Å². The molecule has 0 aromatic carbocycles. The SMILES string of the molecule is Cc1cc(C)n(CC(C)C)c(=O)c1CNC(C)C. The van der Waals surface area contributed by atoms with E-state index >= 15 is 0 Å². The highest BCUT2D eigenvalue weighted by Gasteiger charge is 2.11. The number of aromatic nitrogens is 1. The molecule has 0 saturated heterocycles. The standard InChI is InChI=1S/C15H26N2O/c1-10(2)9-17-13(6)7-12(5)14(15(17)18)8-16-11(3)4/h7,10-11,16H,8-9H2,1-6H3. The molecule has 0 fully saturated rings. The molecule has 1 aromatic heterocycles. The molecule has 0 aliphatic rings. The molecule has 1 heterocycles. The van der Waals surface area contributed by atoms with E-state index in [1.165, 1.54) is 0 Å². The minimum Gasteiger partial charge on any atom is -0.312 e. The summed E-state index contributed by atoms with van der Waals surface area (Å²) < 4.78 is 1.90. The van der Waals surface area contributed by atoms with E-state index in [4.69, 9.17) is 0 Å². The first-order chi connectivity index (χ1) is 8.32. The first kappa shape index (κ1) is 15.0. The Morgan fingerprint density at radius 2 is 1.83 bits per heavy atom. The zero-order chi connectivity index (χ0) is 13.9. The Hall–Kier alpha value is -1.09. The Balaban J connectivity index is 3.14. The maximum absolute atomic E-state index is 12.5. The van der Waals surface area contributed by atoms with E-state index in [0.717, 1.165) is 23.4 Å². The average Bonchev–Trinajstić information content (AvgIpc) is 2.23. The van der Waals surface area contributed by atoms with Gasteiger partial charge in [0.15, 0.2) is 0 Å². The van der Waals surface area contributed by atoms with Gasteiger partial charge < -0.3 is 9.88 Å². The summed E-state index contributed by atoms with van der Waals surface area (Å²) in [4.78, 5) is 12.5. The largest absolute Gasteiger partial charge is 0.312 e. The zero-order valence-corrected chi connectivity index (χ0v) is 12.5. The summed E-state index contributed by atoms with van der Waals surface area (Å²) in [6, 6.07) is 2.50. The summed E-state index contributed by atoms with van der Waals surface area (Å²) in [6.07, 6.45) is 0. The normalized spacial score (nSPS) is 11.6. The van der Waals surface area contributed by atoms with Crippen LogP contribution in [0, 0.1) is 19.8 Å². The third-order valence-electron chi connectivity index (χ3n) is 3.07. The zero-order valence-electron chi connectivity index (χ0n) is 12.5. The van der Waals surface area contributed by atoms with E-state index in [2.05, 4.69) is 39.1 Å². The van der Waals surface area contributed by atoms with E-state index in [9.17, 15) is 4.79 Å². The number of aryl methyl sites for hydroxylation is 2. The number of pyridine rings is 1. The highest BCUT2D eigenvalue weighted by molar-refractivity contribution is 5.26. The van der Waals surface area contributed by atoms with Crippen molar-refractivity contribution in [2.24, 2.45) is 5.92 Å². The van der Waals surface area contributed by atoms with Crippen molar-refractivity contribution in [1.29, 1.82) is 0 Å². The molecule has 3 nitrogen and oxygen atoms in total. The molecule has 0 aliphatic heterocycles. The smallest absolute Gasteiger partial charge is 0.255 e. The van der Waals surface area contributed by atoms with Gasteiger partial charge in [-0.15, -0.1) is 0 Å². The fourth-order valence-electron chi connectivity index (χ4n) is 2.08. The van der Waals surface area contributed by atoms with Crippen LogP contribution in [0.4, 0.5) is 0 Å². The molecule has 102 valence electrons. The fraction of sp³-hybridized carbons (Fsp3) is 0.667. The molecule has 1 aromatic rings. The van der Waals surface area contributed by atoms with E-state index in [-0.39, 0.29) is 5.56 Å². The summed E-state index contributed by atoms with van der Waals surface area (Å²) in [5.74, 6) is 0.481. The van der Waals surface area contributed by atoms with Gasteiger partial charge in [-0.25, -0.2) is 0 Å². The maximum Gasteiger partial charge on any atom is 0.255 e. The first-order valence-corrected chi connectivity index (χ1v) is 6.76. The van der Waals surface area contributed by atoms with Gasteiger partial charge in [-0.1, -0.05) is 27.7 Å². The molecule has 0 unspecified atom stereocenters. The van der Waals surface area contributed by atoms with Crippen molar-refractivity contribution in [3.8, 4) is 0 Å². The highest BCUT2D eigenvalue weighted by atomic mass is 16.1. The van der Waals surface area contributed by atoms with E-state index < -0.39 is 0 Å². The Labute approximate surface area is 110 Å². The summed E-state index contributed by atoms with van der Waals surface area (Å²) in [7, 11) is 0. The molecule has 0 amide bonds. The Morgan fingerprint density at radius 1 is 1.22 bits per heavy atom. The van der Waals surface area contributed by atoms with Crippen molar-refractivity contribution in [3.05, 3.63) is 33.2 Å². The molecular formula is C15H26N2O. The Bertz CT molecular complexity index is 458. The minimum absolute atomic E-state index is 0.161. The molecule has 18 heavy (non-hydrogen) atoms. The Morgan fingerprint density at radius 3 is 2.33 bits per heavy atom. The topological polar surface area (TPSA) is 34.0 Å². The molecule has 1 N–H and O–H groups in total. The number of hydrogen-bond donors (Lipinski definition) is 1. The number of nitrogens with one attached hydrogen (secondary N) is 1. The van der Waals surface area contributed by atoms with E-state index in [0.29, 0.717) is 18.5 Å². The van der Waals surface area contributed by atoms with Gasteiger partial charge in [0.05, 0.1) is 0 Å². The highest BCUT2D eigenvalue weighted by Crippen LogP contribution is 2.08. The van der Waals surface area contributed by atoms with Crippen LogP contribution in [0.3, 0.4) is 0 Å². The molecule has 0 radical (unpaired) electrons. The predicted octanol–water partition coefficient (Wildman–Crippen LogP) is 2.62.